The van der Waals surface area contributed by atoms with E-state index in [0.29, 0.717) is 0 Å². The maximum atomic E-state index is 3.00. The van der Waals surface area contributed by atoms with Crippen molar-refractivity contribution in [1.82, 2.24) is 0 Å². The Hall–Kier alpha value is -0.520. The Labute approximate surface area is 45.5 Å². The molecule has 0 amide bonds. The third-order valence-corrected chi connectivity index (χ3v) is 0.972. The molecule has 0 aromatic carbocycles. The first kappa shape index (κ1) is 6.48. The Kier molecular flexibility index (Phi) is 3.39. The quantitative estimate of drug-likeness (QED) is 0.406. The number of hydrogen-bond donors (Lipinski definition) is 0. The molecule has 0 aliphatic heterocycles. The van der Waals surface area contributed by atoms with E-state index in [-0.39, 0.29) is 0 Å². The molecule has 0 aromatic heterocycles. The summed E-state index contributed by atoms with van der Waals surface area (Å²) in [4.78, 5) is 0. The first-order valence-corrected chi connectivity index (χ1v) is 2.56. The second kappa shape index (κ2) is 3.66. The van der Waals surface area contributed by atoms with Gasteiger partial charge in [-0.25, -0.2) is 0 Å². The molecule has 0 bridgehead atoms. The highest BCUT2D eigenvalue weighted by atomic mass is 14.0. The van der Waals surface area contributed by atoms with Gasteiger partial charge in [-0.1, -0.05) is 19.1 Å². The summed E-state index contributed by atoms with van der Waals surface area (Å²) in [6.07, 6.45) is 5.73. The Morgan fingerprint density at radius 3 is 1.86 bits per heavy atom. The minimum absolute atomic E-state index is 0.884. The summed E-state index contributed by atoms with van der Waals surface area (Å²) in [5, 5.41) is 0. The molecule has 0 N–H and O–H groups in total. The van der Waals surface area contributed by atoms with Crippen molar-refractivity contribution < 1.29 is 0 Å². The monoisotopic (exact) mass is 96.1 g/mol. The lowest BCUT2D eigenvalue weighted by Gasteiger charge is -2.08. The van der Waals surface area contributed by atoms with E-state index in [9.17, 15) is 0 Å². The van der Waals surface area contributed by atoms with Crippen LogP contribution in [-0.4, -0.2) is 0 Å². The van der Waals surface area contributed by atoms with Gasteiger partial charge >= 0.3 is 0 Å². The van der Waals surface area contributed by atoms with E-state index in [1.165, 1.54) is 6.42 Å². The lowest BCUT2D eigenvalue weighted by molar-refractivity contribution is 0.681. The highest BCUT2D eigenvalue weighted by Gasteiger charge is 1.98. The SMILES string of the molecule is C=C.CC1C=CC1. The molecule has 40 valence electrons. The van der Waals surface area contributed by atoms with Crippen LogP contribution in [0.15, 0.2) is 25.3 Å². The Morgan fingerprint density at radius 2 is 1.86 bits per heavy atom. The lowest BCUT2D eigenvalue weighted by Crippen LogP contribution is -1.93. The van der Waals surface area contributed by atoms with Crippen molar-refractivity contribution in [2.75, 3.05) is 0 Å². The molecule has 0 radical (unpaired) electrons. The van der Waals surface area contributed by atoms with Crippen LogP contribution in [0, 0.1) is 5.92 Å². The third-order valence-electron chi connectivity index (χ3n) is 0.972. The van der Waals surface area contributed by atoms with Crippen molar-refractivity contribution in [1.29, 1.82) is 0 Å². The van der Waals surface area contributed by atoms with E-state index in [2.05, 4.69) is 32.2 Å². The van der Waals surface area contributed by atoms with Crippen LogP contribution in [0.1, 0.15) is 13.3 Å². The van der Waals surface area contributed by atoms with Gasteiger partial charge < -0.3 is 0 Å². The molecule has 0 heterocycles. The van der Waals surface area contributed by atoms with E-state index >= 15 is 0 Å². The van der Waals surface area contributed by atoms with E-state index in [4.69, 9.17) is 0 Å². The van der Waals surface area contributed by atoms with Gasteiger partial charge in [0.15, 0.2) is 0 Å². The molecule has 0 heteroatoms. The van der Waals surface area contributed by atoms with Crippen LogP contribution < -0.4 is 0 Å². The van der Waals surface area contributed by atoms with Crippen molar-refractivity contribution in [3.05, 3.63) is 25.3 Å². The van der Waals surface area contributed by atoms with E-state index in [1.807, 2.05) is 0 Å². The first-order valence-electron chi connectivity index (χ1n) is 2.56. The summed E-state index contributed by atoms with van der Waals surface area (Å²) < 4.78 is 0. The van der Waals surface area contributed by atoms with Gasteiger partial charge in [-0.05, 0) is 12.3 Å². The molecule has 1 aliphatic carbocycles. The average molecular weight is 96.2 g/mol. The number of hydrogen-bond acceptors (Lipinski definition) is 0. The van der Waals surface area contributed by atoms with Crippen molar-refractivity contribution in [2.45, 2.75) is 13.3 Å². The lowest BCUT2D eigenvalue weighted by atomic mass is 9.98. The smallest absolute Gasteiger partial charge is 0.0227 e. The molecule has 0 nitrogen and oxygen atoms in total. The summed E-state index contributed by atoms with van der Waals surface area (Å²) >= 11 is 0. The molecule has 0 aromatic rings. The zero-order chi connectivity index (χ0) is 5.70. The van der Waals surface area contributed by atoms with Crippen molar-refractivity contribution >= 4 is 0 Å². The summed E-state index contributed by atoms with van der Waals surface area (Å²) in [5.41, 5.74) is 0. The van der Waals surface area contributed by atoms with Crippen molar-refractivity contribution in [3.8, 4) is 0 Å². The molecule has 1 unspecified atom stereocenters. The molecule has 0 saturated heterocycles. The number of allylic oxidation sites excluding steroid dienone is 2. The first-order chi connectivity index (χ1) is 3.39. The molecule has 1 aliphatic rings. The molecular weight excluding hydrogens is 84.1 g/mol. The second-order valence-corrected chi connectivity index (χ2v) is 1.64. The van der Waals surface area contributed by atoms with E-state index in [0.717, 1.165) is 5.92 Å². The fraction of sp³-hybridized carbons (Fsp3) is 0.429. The molecule has 1 atom stereocenters. The van der Waals surface area contributed by atoms with Crippen LogP contribution in [0.2, 0.25) is 0 Å². The molecule has 0 spiro atoms. The van der Waals surface area contributed by atoms with Crippen molar-refractivity contribution in [3.63, 3.8) is 0 Å². The molecule has 0 fully saturated rings. The maximum Gasteiger partial charge on any atom is -0.0227 e. The van der Waals surface area contributed by atoms with Gasteiger partial charge in [0.2, 0.25) is 0 Å². The Bertz CT molecular complexity index is 62.4. The van der Waals surface area contributed by atoms with Gasteiger partial charge in [0.1, 0.15) is 0 Å². The van der Waals surface area contributed by atoms with Gasteiger partial charge in [-0.2, -0.15) is 0 Å². The largest absolute Gasteiger partial charge is 0.106 e. The topological polar surface area (TPSA) is 0 Å². The van der Waals surface area contributed by atoms with Gasteiger partial charge in [-0.15, -0.1) is 13.2 Å². The standard InChI is InChI=1S/C5H8.C2H4/c1-5-3-2-4-5;1-2/h2-3,5H,4H2,1H3;1-2H2. The summed E-state index contributed by atoms with van der Waals surface area (Å²) in [7, 11) is 0. The predicted octanol–water partition coefficient (Wildman–Crippen LogP) is 2.38. The molecular formula is C7H12. The summed E-state index contributed by atoms with van der Waals surface area (Å²) in [6, 6.07) is 0. The normalized spacial score (nSPS) is 24.4. The van der Waals surface area contributed by atoms with Gasteiger partial charge in [-0.3, -0.25) is 0 Å². The zero-order valence-corrected chi connectivity index (χ0v) is 4.85. The average Bonchev–Trinajstić information content (AvgIpc) is 1.68. The second-order valence-electron chi connectivity index (χ2n) is 1.64. The van der Waals surface area contributed by atoms with Crippen LogP contribution in [0.4, 0.5) is 0 Å². The highest BCUT2D eigenvalue weighted by Crippen LogP contribution is 2.13. The minimum Gasteiger partial charge on any atom is -0.106 e. The Balaban J connectivity index is 0.000000162. The van der Waals surface area contributed by atoms with Gasteiger partial charge in [0, 0.05) is 0 Å². The van der Waals surface area contributed by atoms with Crippen LogP contribution in [0.3, 0.4) is 0 Å². The molecule has 0 saturated carbocycles. The van der Waals surface area contributed by atoms with E-state index < -0.39 is 0 Å². The van der Waals surface area contributed by atoms with Gasteiger partial charge in [0.25, 0.3) is 0 Å². The fourth-order valence-electron chi connectivity index (χ4n) is 0.408. The van der Waals surface area contributed by atoms with Crippen LogP contribution in [-0.2, 0) is 0 Å². The van der Waals surface area contributed by atoms with Crippen LogP contribution in [0.25, 0.3) is 0 Å². The van der Waals surface area contributed by atoms with Gasteiger partial charge in [0.05, 0.1) is 0 Å². The minimum atomic E-state index is 0.884. The zero-order valence-electron chi connectivity index (χ0n) is 4.85. The summed E-state index contributed by atoms with van der Waals surface area (Å²) in [6.45, 7) is 8.22. The highest BCUT2D eigenvalue weighted by molar-refractivity contribution is 4.99. The van der Waals surface area contributed by atoms with Crippen LogP contribution >= 0.6 is 0 Å². The van der Waals surface area contributed by atoms with E-state index in [1.54, 1.807) is 0 Å². The Morgan fingerprint density at radius 1 is 1.57 bits per heavy atom. The fourth-order valence-corrected chi connectivity index (χ4v) is 0.408. The predicted molar refractivity (Wildman–Crippen MR) is 34.2 cm³/mol. The molecule has 7 heavy (non-hydrogen) atoms. The summed E-state index contributed by atoms with van der Waals surface area (Å²) in [5.74, 6) is 0.884. The number of rotatable bonds is 0. The van der Waals surface area contributed by atoms with Crippen molar-refractivity contribution in [2.24, 2.45) is 5.92 Å². The van der Waals surface area contributed by atoms with Crippen LogP contribution in [0.5, 0.6) is 0 Å². The third kappa shape index (κ3) is 2.21. The molecule has 1 rings (SSSR count). The maximum absolute atomic E-state index is 3.00.